The predicted octanol–water partition coefficient (Wildman–Crippen LogP) is 2.85. The maximum absolute atomic E-state index is 11.6. The Labute approximate surface area is 112 Å². The quantitative estimate of drug-likeness (QED) is 0.879. The largest absolute Gasteiger partial charge is 0.357 e. The van der Waals surface area contributed by atoms with Crippen molar-refractivity contribution in [1.29, 1.82) is 0 Å². The van der Waals surface area contributed by atoms with Gasteiger partial charge in [0.25, 0.3) is 0 Å². The van der Waals surface area contributed by atoms with E-state index >= 15 is 0 Å². The Balaban J connectivity index is 1.86. The van der Waals surface area contributed by atoms with E-state index in [1.54, 1.807) is 6.08 Å². The van der Waals surface area contributed by atoms with Crippen LogP contribution in [0.2, 0.25) is 0 Å². The summed E-state index contributed by atoms with van der Waals surface area (Å²) in [5, 5.41) is 6.24. The van der Waals surface area contributed by atoms with E-state index < -0.39 is 0 Å². The lowest BCUT2D eigenvalue weighted by Crippen LogP contribution is -2.22. The summed E-state index contributed by atoms with van der Waals surface area (Å²) in [6, 6.07) is 19.7. The van der Waals surface area contributed by atoms with E-state index in [-0.39, 0.29) is 11.9 Å². The number of carbonyl (C=O) groups is 1. The van der Waals surface area contributed by atoms with Gasteiger partial charge in [-0.25, -0.2) is 0 Å². The molecule has 3 nitrogen and oxygen atoms in total. The van der Waals surface area contributed by atoms with Crippen LogP contribution < -0.4 is 10.6 Å². The molecule has 0 aliphatic carbocycles. The van der Waals surface area contributed by atoms with Gasteiger partial charge in [0.1, 0.15) is 0 Å². The first kappa shape index (κ1) is 11.5. The Bertz CT molecular complexity index is 605. The summed E-state index contributed by atoms with van der Waals surface area (Å²) in [4.78, 5) is 11.6. The third kappa shape index (κ3) is 2.50. The van der Waals surface area contributed by atoms with E-state index in [0.29, 0.717) is 0 Å². The molecular weight excluding hydrogens is 236 g/mol. The second-order valence-electron chi connectivity index (χ2n) is 4.44. The van der Waals surface area contributed by atoms with E-state index in [9.17, 15) is 4.79 Å². The smallest absolute Gasteiger partial charge is 0.246 e. The summed E-state index contributed by atoms with van der Waals surface area (Å²) in [6.07, 6.45) is 1.62. The number of amides is 1. The molecule has 1 aliphatic heterocycles. The monoisotopic (exact) mass is 250 g/mol. The normalized spacial score (nSPS) is 17.8. The van der Waals surface area contributed by atoms with Gasteiger partial charge in [0.05, 0.1) is 6.04 Å². The Morgan fingerprint density at radius 3 is 2.21 bits per heavy atom. The molecule has 1 atom stereocenters. The van der Waals surface area contributed by atoms with Crippen molar-refractivity contribution in [3.05, 3.63) is 78.0 Å². The molecule has 0 aromatic heterocycles. The molecule has 19 heavy (non-hydrogen) atoms. The summed E-state index contributed by atoms with van der Waals surface area (Å²) < 4.78 is 0. The van der Waals surface area contributed by atoms with Crippen LogP contribution in [0.1, 0.15) is 11.6 Å². The molecule has 1 heterocycles. The molecule has 3 heteroatoms. The third-order valence-corrected chi connectivity index (χ3v) is 3.08. The molecule has 0 radical (unpaired) electrons. The molecule has 94 valence electrons. The van der Waals surface area contributed by atoms with Crippen molar-refractivity contribution < 1.29 is 4.79 Å². The van der Waals surface area contributed by atoms with Gasteiger partial charge in [0, 0.05) is 17.5 Å². The molecule has 3 rings (SSSR count). The molecule has 1 aliphatic rings. The molecule has 0 bridgehead atoms. The molecule has 2 aromatic rings. The molecule has 1 amide bonds. The van der Waals surface area contributed by atoms with Gasteiger partial charge in [0.15, 0.2) is 0 Å². The molecule has 1 unspecified atom stereocenters. The van der Waals surface area contributed by atoms with Crippen LogP contribution >= 0.6 is 0 Å². The van der Waals surface area contributed by atoms with Gasteiger partial charge in [0.2, 0.25) is 5.91 Å². The highest BCUT2D eigenvalue weighted by Gasteiger charge is 2.25. The van der Waals surface area contributed by atoms with Crippen molar-refractivity contribution in [1.82, 2.24) is 5.32 Å². The van der Waals surface area contributed by atoms with Gasteiger partial charge in [-0.1, -0.05) is 48.5 Å². The third-order valence-electron chi connectivity index (χ3n) is 3.08. The number of rotatable bonds is 3. The van der Waals surface area contributed by atoms with Gasteiger partial charge in [-0.2, -0.15) is 0 Å². The van der Waals surface area contributed by atoms with Gasteiger partial charge < -0.3 is 10.6 Å². The molecule has 0 saturated heterocycles. The van der Waals surface area contributed by atoms with Gasteiger partial charge in [-0.3, -0.25) is 4.79 Å². The number of para-hydroxylation sites is 1. The SMILES string of the molecule is O=C1C=C(Nc2ccccc2)C(c2ccccc2)N1. The second-order valence-corrected chi connectivity index (χ2v) is 4.44. The van der Waals surface area contributed by atoms with E-state index in [4.69, 9.17) is 0 Å². The van der Waals surface area contributed by atoms with Gasteiger partial charge in [-0.05, 0) is 17.7 Å². The zero-order valence-corrected chi connectivity index (χ0v) is 10.3. The highest BCUT2D eigenvalue weighted by atomic mass is 16.1. The molecule has 0 spiro atoms. The first-order chi connectivity index (χ1) is 9.33. The maximum atomic E-state index is 11.6. The van der Waals surface area contributed by atoms with E-state index in [2.05, 4.69) is 10.6 Å². The number of hydrogen-bond acceptors (Lipinski definition) is 2. The summed E-state index contributed by atoms with van der Waals surface area (Å²) in [7, 11) is 0. The van der Waals surface area contributed by atoms with Crippen LogP contribution in [-0.2, 0) is 4.79 Å². The van der Waals surface area contributed by atoms with Crippen LogP contribution in [0.25, 0.3) is 0 Å². The zero-order valence-electron chi connectivity index (χ0n) is 10.3. The van der Waals surface area contributed by atoms with Crippen molar-refractivity contribution >= 4 is 11.6 Å². The van der Waals surface area contributed by atoms with Gasteiger partial charge in [-0.15, -0.1) is 0 Å². The van der Waals surface area contributed by atoms with Crippen LogP contribution in [0.3, 0.4) is 0 Å². The number of carbonyl (C=O) groups excluding carboxylic acids is 1. The maximum Gasteiger partial charge on any atom is 0.246 e. The van der Waals surface area contributed by atoms with Crippen LogP contribution in [0.5, 0.6) is 0 Å². The number of nitrogens with one attached hydrogen (secondary N) is 2. The average molecular weight is 250 g/mol. The van der Waals surface area contributed by atoms with Crippen LogP contribution in [-0.4, -0.2) is 5.91 Å². The Kier molecular flexibility index (Phi) is 3.02. The minimum absolute atomic E-state index is 0.0627. The van der Waals surface area contributed by atoms with Crippen molar-refractivity contribution in [2.45, 2.75) is 6.04 Å². The number of hydrogen-bond donors (Lipinski definition) is 2. The summed E-state index contributed by atoms with van der Waals surface area (Å²) >= 11 is 0. The molecule has 0 saturated carbocycles. The standard InChI is InChI=1S/C16H14N2O/c19-15-11-14(17-13-9-5-2-6-10-13)16(18-15)12-7-3-1-4-8-12/h1-11,16-17H,(H,18,19). The molecule has 0 fully saturated rings. The molecule has 2 N–H and O–H groups in total. The first-order valence-corrected chi connectivity index (χ1v) is 6.22. The van der Waals surface area contributed by atoms with Crippen molar-refractivity contribution in [3.8, 4) is 0 Å². The van der Waals surface area contributed by atoms with Crippen molar-refractivity contribution in [2.75, 3.05) is 5.32 Å². The summed E-state index contributed by atoms with van der Waals surface area (Å²) in [6.45, 7) is 0. The fourth-order valence-electron chi connectivity index (χ4n) is 2.19. The fraction of sp³-hybridized carbons (Fsp3) is 0.0625. The minimum atomic E-state index is -0.103. The van der Waals surface area contributed by atoms with E-state index in [1.807, 2.05) is 60.7 Å². The van der Waals surface area contributed by atoms with Crippen LogP contribution in [0.4, 0.5) is 5.69 Å². The Hall–Kier alpha value is -2.55. The predicted molar refractivity (Wildman–Crippen MR) is 75.5 cm³/mol. The summed E-state index contributed by atoms with van der Waals surface area (Å²) in [5.41, 5.74) is 2.93. The number of anilines is 1. The van der Waals surface area contributed by atoms with E-state index in [0.717, 1.165) is 16.9 Å². The highest BCUT2D eigenvalue weighted by Crippen LogP contribution is 2.26. The second kappa shape index (κ2) is 4.98. The van der Waals surface area contributed by atoms with E-state index in [1.165, 1.54) is 0 Å². The lowest BCUT2D eigenvalue weighted by atomic mass is 10.1. The Morgan fingerprint density at radius 1 is 0.895 bits per heavy atom. The topological polar surface area (TPSA) is 41.1 Å². The lowest BCUT2D eigenvalue weighted by Gasteiger charge is -2.17. The van der Waals surface area contributed by atoms with Crippen LogP contribution in [0, 0.1) is 0 Å². The summed E-state index contributed by atoms with van der Waals surface area (Å²) in [5.74, 6) is -0.0627. The van der Waals surface area contributed by atoms with Gasteiger partial charge >= 0.3 is 0 Å². The zero-order chi connectivity index (χ0) is 13.1. The van der Waals surface area contributed by atoms with Crippen molar-refractivity contribution in [3.63, 3.8) is 0 Å². The fourth-order valence-corrected chi connectivity index (χ4v) is 2.19. The van der Waals surface area contributed by atoms with Crippen molar-refractivity contribution in [2.24, 2.45) is 0 Å². The van der Waals surface area contributed by atoms with Crippen LogP contribution in [0.15, 0.2) is 72.4 Å². The number of benzene rings is 2. The lowest BCUT2D eigenvalue weighted by molar-refractivity contribution is -0.116. The average Bonchev–Trinajstić information content (AvgIpc) is 2.82. The highest BCUT2D eigenvalue weighted by molar-refractivity contribution is 5.92. The molecular formula is C16H14N2O. The Morgan fingerprint density at radius 2 is 1.53 bits per heavy atom. The minimum Gasteiger partial charge on any atom is -0.357 e. The first-order valence-electron chi connectivity index (χ1n) is 6.22. The molecule has 2 aromatic carbocycles.